The predicted octanol–water partition coefficient (Wildman–Crippen LogP) is 2.70. The van der Waals surface area contributed by atoms with Crippen molar-refractivity contribution in [3.05, 3.63) is 58.1 Å². The highest BCUT2D eigenvalue weighted by Crippen LogP contribution is 2.26. The van der Waals surface area contributed by atoms with Gasteiger partial charge in [0.15, 0.2) is 5.11 Å². The molecule has 9 heteroatoms. The standard InChI is InChI=1S/C18H18BrN3O4S/c1-25-8-9-26-15-7-6-11(10-13(15)19)17(24)22-18(27)21-14-5-3-2-4-12(14)16(20)23/h2-7,10H,8-9H2,1H3,(H2,20,23)(H2,21,22,24,27). The van der Waals surface area contributed by atoms with E-state index in [1.54, 1.807) is 49.6 Å². The van der Waals surface area contributed by atoms with Gasteiger partial charge in [0.05, 0.1) is 22.3 Å². The highest BCUT2D eigenvalue weighted by Gasteiger charge is 2.13. The van der Waals surface area contributed by atoms with E-state index in [-0.39, 0.29) is 10.7 Å². The molecule has 0 spiro atoms. The van der Waals surface area contributed by atoms with Crippen molar-refractivity contribution in [2.45, 2.75) is 0 Å². The molecule has 142 valence electrons. The number of rotatable bonds is 7. The van der Waals surface area contributed by atoms with E-state index in [9.17, 15) is 9.59 Å². The molecule has 2 rings (SSSR count). The monoisotopic (exact) mass is 451 g/mol. The van der Waals surface area contributed by atoms with Crippen LogP contribution in [0.25, 0.3) is 0 Å². The molecule has 0 bridgehead atoms. The van der Waals surface area contributed by atoms with Crippen molar-refractivity contribution in [1.29, 1.82) is 0 Å². The highest BCUT2D eigenvalue weighted by molar-refractivity contribution is 9.10. The van der Waals surface area contributed by atoms with Gasteiger partial charge in [0.25, 0.3) is 11.8 Å². The molecule has 0 aliphatic rings. The molecule has 0 heterocycles. The summed E-state index contributed by atoms with van der Waals surface area (Å²) in [5, 5.41) is 5.41. The molecule has 27 heavy (non-hydrogen) atoms. The molecule has 7 nitrogen and oxygen atoms in total. The van der Waals surface area contributed by atoms with E-state index in [2.05, 4.69) is 26.6 Å². The molecule has 0 unspecified atom stereocenters. The number of amides is 2. The zero-order chi connectivity index (χ0) is 19.8. The van der Waals surface area contributed by atoms with Gasteiger partial charge in [-0.25, -0.2) is 0 Å². The first-order chi connectivity index (χ1) is 12.9. The first kappa shape index (κ1) is 20.8. The number of ether oxygens (including phenoxy) is 2. The number of thiocarbonyl (C=S) groups is 1. The fourth-order valence-corrected chi connectivity index (χ4v) is 2.83. The van der Waals surface area contributed by atoms with E-state index < -0.39 is 11.8 Å². The molecular weight excluding hydrogens is 434 g/mol. The van der Waals surface area contributed by atoms with Crippen LogP contribution in [-0.4, -0.2) is 37.3 Å². The fraction of sp³-hybridized carbons (Fsp3) is 0.167. The number of nitrogens with one attached hydrogen (secondary N) is 2. The zero-order valence-electron chi connectivity index (χ0n) is 14.5. The van der Waals surface area contributed by atoms with Crippen LogP contribution in [0, 0.1) is 0 Å². The normalized spacial score (nSPS) is 10.1. The van der Waals surface area contributed by atoms with Crippen molar-refractivity contribution >= 4 is 50.8 Å². The third-order valence-corrected chi connectivity index (χ3v) is 4.23. The van der Waals surface area contributed by atoms with Crippen molar-refractivity contribution in [2.24, 2.45) is 5.73 Å². The Morgan fingerprint density at radius 2 is 1.93 bits per heavy atom. The molecule has 0 fully saturated rings. The Kier molecular flexibility index (Phi) is 7.71. The third-order valence-electron chi connectivity index (χ3n) is 3.41. The summed E-state index contributed by atoms with van der Waals surface area (Å²) in [5.74, 6) is -0.409. The summed E-state index contributed by atoms with van der Waals surface area (Å²) in [6.45, 7) is 0.856. The van der Waals surface area contributed by atoms with Gasteiger partial charge in [-0.05, 0) is 58.5 Å². The number of benzene rings is 2. The van der Waals surface area contributed by atoms with Crippen molar-refractivity contribution in [1.82, 2.24) is 5.32 Å². The maximum Gasteiger partial charge on any atom is 0.257 e. The van der Waals surface area contributed by atoms with Crippen molar-refractivity contribution < 1.29 is 19.1 Å². The molecule has 2 amide bonds. The van der Waals surface area contributed by atoms with Crippen LogP contribution < -0.4 is 21.1 Å². The minimum absolute atomic E-state index is 0.0465. The topological polar surface area (TPSA) is 103 Å². The molecule has 2 aromatic rings. The molecule has 0 saturated heterocycles. The molecular formula is C18H18BrN3O4S. The average Bonchev–Trinajstić information content (AvgIpc) is 2.63. The fourth-order valence-electron chi connectivity index (χ4n) is 2.13. The lowest BCUT2D eigenvalue weighted by Gasteiger charge is -2.13. The minimum Gasteiger partial charge on any atom is -0.490 e. The maximum absolute atomic E-state index is 12.4. The van der Waals surface area contributed by atoms with Crippen LogP contribution in [0.2, 0.25) is 0 Å². The molecule has 0 radical (unpaired) electrons. The summed E-state index contributed by atoms with van der Waals surface area (Å²) in [5.41, 5.74) is 6.39. The predicted molar refractivity (Wildman–Crippen MR) is 110 cm³/mol. The Hall–Kier alpha value is -2.49. The number of primary amides is 1. The number of halogens is 1. The van der Waals surface area contributed by atoms with Gasteiger partial charge < -0.3 is 20.5 Å². The summed E-state index contributed by atoms with van der Waals surface area (Å²) in [6.07, 6.45) is 0. The van der Waals surface area contributed by atoms with Crippen LogP contribution in [0.4, 0.5) is 5.69 Å². The number of anilines is 1. The summed E-state index contributed by atoms with van der Waals surface area (Å²) >= 11 is 8.51. The van der Waals surface area contributed by atoms with Gasteiger partial charge in [-0.15, -0.1) is 0 Å². The summed E-state index contributed by atoms with van der Waals surface area (Å²) in [4.78, 5) is 23.8. The van der Waals surface area contributed by atoms with Gasteiger partial charge in [-0.3, -0.25) is 14.9 Å². The Morgan fingerprint density at radius 3 is 2.59 bits per heavy atom. The Labute approximate surface area is 170 Å². The number of nitrogens with two attached hydrogens (primary N) is 1. The molecule has 4 N–H and O–H groups in total. The van der Waals surface area contributed by atoms with E-state index in [0.29, 0.717) is 34.7 Å². The van der Waals surface area contributed by atoms with Crippen molar-refractivity contribution in [3.63, 3.8) is 0 Å². The van der Waals surface area contributed by atoms with Crippen LogP contribution in [0.15, 0.2) is 46.9 Å². The second kappa shape index (κ2) is 10.0. The van der Waals surface area contributed by atoms with E-state index >= 15 is 0 Å². The molecule has 0 saturated carbocycles. The number of para-hydroxylation sites is 1. The molecule has 2 aromatic carbocycles. The van der Waals surface area contributed by atoms with Gasteiger partial charge in [0.1, 0.15) is 12.4 Å². The van der Waals surface area contributed by atoms with E-state index in [1.807, 2.05) is 0 Å². The molecule has 0 aliphatic heterocycles. The van der Waals surface area contributed by atoms with Gasteiger partial charge in [0.2, 0.25) is 0 Å². The second-order valence-electron chi connectivity index (χ2n) is 5.30. The van der Waals surface area contributed by atoms with Crippen LogP contribution in [0.1, 0.15) is 20.7 Å². The van der Waals surface area contributed by atoms with E-state index in [0.717, 1.165) is 0 Å². The lowest BCUT2D eigenvalue weighted by molar-refractivity contribution is 0.0975. The largest absolute Gasteiger partial charge is 0.490 e. The van der Waals surface area contributed by atoms with E-state index in [4.69, 9.17) is 27.4 Å². The number of carbonyl (C=O) groups excluding carboxylic acids is 2. The number of hydrogen-bond donors (Lipinski definition) is 3. The highest BCUT2D eigenvalue weighted by atomic mass is 79.9. The Morgan fingerprint density at radius 1 is 1.19 bits per heavy atom. The van der Waals surface area contributed by atoms with E-state index in [1.165, 1.54) is 0 Å². The first-order valence-corrected chi connectivity index (χ1v) is 9.05. The van der Waals surface area contributed by atoms with Crippen LogP contribution >= 0.6 is 28.1 Å². The van der Waals surface area contributed by atoms with Gasteiger partial charge in [0, 0.05) is 12.7 Å². The van der Waals surface area contributed by atoms with Crippen molar-refractivity contribution in [2.75, 3.05) is 25.6 Å². The molecule has 0 aliphatic carbocycles. The SMILES string of the molecule is COCCOc1ccc(C(=O)NC(=S)Nc2ccccc2C(N)=O)cc1Br. The van der Waals surface area contributed by atoms with Crippen LogP contribution in [0.5, 0.6) is 5.75 Å². The van der Waals surface area contributed by atoms with Crippen molar-refractivity contribution in [3.8, 4) is 5.75 Å². The number of carbonyl (C=O) groups is 2. The zero-order valence-corrected chi connectivity index (χ0v) is 16.9. The summed E-state index contributed by atoms with van der Waals surface area (Å²) in [6, 6.07) is 11.5. The average molecular weight is 452 g/mol. The first-order valence-electron chi connectivity index (χ1n) is 7.85. The second-order valence-corrected chi connectivity index (χ2v) is 6.57. The van der Waals surface area contributed by atoms with Gasteiger partial charge in [-0.2, -0.15) is 0 Å². The smallest absolute Gasteiger partial charge is 0.257 e. The summed E-state index contributed by atoms with van der Waals surface area (Å²) in [7, 11) is 1.59. The lowest BCUT2D eigenvalue weighted by Crippen LogP contribution is -2.34. The molecule has 0 atom stereocenters. The third kappa shape index (κ3) is 6.02. The maximum atomic E-state index is 12.4. The van der Waals surface area contributed by atoms with Gasteiger partial charge >= 0.3 is 0 Å². The lowest BCUT2D eigenvalue weighted by atomic mass is 10.1. The molecule has 0 aromatic heterocycles. The number of hydrogen-bond acceptors (Lipinski definition) is 5. The number of methoxy groups -OCH3 is 1. The van der Waals surface area contributed by atoms with Gasteiger partial charge in [-0.1, -0.05) is 12.1 Å². The Balaban J connectivity index is 2.01. The Bertz CT molecular complexity index is 860. The van der Waals surface area contributed by atoms with Crippen LogP contribution in [0.3, 0.4) is 0 Å². The quantitative estimate of drug-likeness (QED) is 0.441. The minimum atomic E-state index is -0.597. The van der Waals surface area contributed by atoms with Crippen LogP contribution in [-0.2, 0) is 4.74 Å². The summed E-state index contributed by atoms with van der Waals surface area (Å²) < 4.78 is 11.1.